The molecule has 0 aromatic rings. The molecule has 11 heavy (non-hydrogen) atoms. The molecule has 1 aliphatic carbocycles. The van der Waals surface area contributed by atoms with E-state index in [4.69, 9.17) is 12.2 Å². The quantitative estimate of drug-likeness (QED) is 0.602. The Morgan fingerprint density at radius 3 is 2.73 bits per heavy atom. The maximum atomic E-state index is 5.55. The average Bonchev–Trinajstić information content (AvgIpc) is 2.05. The van der Waals surface area contributed by atoms with Crippen molar-refractivity contribution >= 4 is 12.4 Å². The summed E-state index contributed by atoms with van der Waals surface area (Å²) in [5, 5.41) is 0. The Morgan fingerprint density at radius 2 is 2.18 bits per heavy atom. The van der Waals surface area contributed by atoms with Crippen LogP contribution in [-0.4, -0.2) is 6.54 Å². The number of terminal acetylenes is 1. The van der Waals surface area contributed by atoms with Crippen molar-refractivity contribution in [2.45, 2.75) is 25.7 Å². The molecule has 1 fully saturated rings. The topological polar surface area (TPSA) is 26.0 Å². The van der Waals surface area contributed by atoms with Gasteiger partial charge >= 0.3 is 0 Å². The lowest BCUT2D eigenvalue weighted by molar-refractivity contribution is 0.318. The smallest absolute Gasteiger partial charge is 0.0203 e. The highest BCUT2D eigenvalue weighted by Crippen LogP contribution is 2.27. The third-order valence-electron chi connectivity index (χ3n) is 2.35. The SMILES string of the molecule is C#CC1CCCC(CN)C1.Cl. The molecule has 1 rings (SSSR count). The van der Waals surface area contributed by atoms with E-state index in [0.29, 0.717) is 11.8 Å². The summed E-state index contributed by atoms with van der Waals surface area (Å²) in [7, 11) is 0. The summed E-state index contributed by atoms with van der Waals surface area (Å²) in [4.78, 5) is 0. The van der Waals surface area contributed by atoms with E-state index in [9.17, 15) is 0 Å². The fourth-order valence-corrected chi connectivity index (χ4v) is 1.66. The van der Waals surface area contributed by atoms with Crippen molar-refractivity contribution in [3.05, 3.63) is 0 Å². The van der Waals surface area contributed by atoms with Gasteiger partial charge in [0.2, 0.25) is 0 Å². The molecule has 0 aromatic carbocycles. The first-order valence-corrected chi connectivity index (χ1v) is 4.03. The standard InChI is InChI=1S/C9H15N.ClH/c1-2-8-4-3-5-9(6-8)7-10;/h1,8-9H,3-7,10H2;1H. The van der Waals surface area contributed by atoms with E-state index in [1.807, 2.05) is 0 Å². The maximum Gasteiger partial charge on any atom is 0.0203 e. The van der Waals surface area contributed by atoms with Gasteiger partial charge in [0.25, 0.3) is 0 Å². The first-order chi connectivity index (χ1) is 4.86. The molecule has 0 aromatic heterocycles. The fourth-order valence-electron chi connectivity index (χ4n) is 1.66. The Kier molecular flexibility index (Phi) is 5.36. The van der Waals surface area contributed by atoms with Crippen LogP contribution in [0, 0.1) is 24.2 Å². The second kappa shape index (κ2) is 5.46. The molecule has 2 N–H and O–H groups in total. The molecule has 0 saturated heterocycles. The summed E-state index contributed by atoms with van der Waals surface area (Å²) in [6.45, 7) is 0.818. The lowest BCUT2D eigenvalue weighted by Gasteiger charge is -2.24. The Balaban J connectivity index is 0.000001000. The van der Waals surface area contributed by atoms with Crippen molar-refractivity contribution in [3.63, 3.8) is 0 Å². The highest BCUT2D eigenvalue weighted by atomic mass is 35.5. The molecule has 0 bridgehead atoms. The van der Waals surface area contributed by atoms with Crippen LogP contribution < -0.4 is 5.73 Å². The molecular weight excluding hydrogens is 158 g/mol. The monoisotopic (exact) mass is 173 g/mol. The van der Waals surface area contributed by atoms with Crippen molar-refractivity contribution in [1.82, 2.24) is 0 Å². The van der Waals surface area contributed by atoms with E-state index < -0.39 is 0 Å². The Hall–Kier alpha value is -0.190. The number of nitrogens with two attached hydrogens (primary N) is 1. The van der Waals surface area contributed by atoms with Gasteiger partial charge in [-0.1, -0.05) is 6.42 Å². The second-order valence-corrected chi connectivity index (χ2v) is 3.13. The van der Waals surface area contributed by atoms with Gasteiger partial charge in [0.15, 0.2) is 0 Å². The molecule has 0 spiro atoms. The Labute approximate surface area is 75.1 Å². The molecule has 2 atom stereocenters. The lowest BCUT2D eigenvalue weighted by Crippen LogP contribution is -2.21. The van der Waals surface area contributed by atoms with Crippen LogP contribution in [0.1, 0.15) is 25.7 Å². The van der Waals surface area contributed by atoms with Crippen LogP contribution in [0.15, 0.2) is 0 Å². The third-order valence-corrected chi connectivity index (χ3v) is 2.35. The summed E-state index contributed by atoms with van der Waals surface area (Å²) in [6, 6.07) is 0. The first-order valence-electron chi connectivity index (χ1n) is 4.03. The van der Waals surface area contributed by atoms with Crippen molar-refractivity contribution < 1.29 is 0 Å². The van der Waals surface area contributed by atoms with E-state index in [0.717, 1.165) is 13.0 Å². The molecule has 0 heterocycles. The molecule has 2 heteroatoms. The van der Waals surface area contributed by atoms with Gasteiger partial charge in [0.1, 0.15) is 0 Å². The molecule has 0 amide bonds. The van der Waals surface area contributed by atoms with Crippen molar-refractivity contribution in [1.29, 1.82) is 0 Å². The van der Waals surface area contributed by atoms with Crippen LogP contribution in [0.2, 0.25) is 0 Å². The summed E-state index contributed by atoms with van der Waals surface area (Å²) in [5.41, 5.74) is 5.55. The van der Waals surface area contributed by atoms with Crippen LogP contribution in [0.5, 0.6) is 0 Å². The molecule has 0 aliphatic heterocycles. The van der Waals surface area contributed by atoms with E-state index >= 15 is 0 Å². The summed E-state index contributed by atoms with van der Waals surface area (Å²) >= 11 is 0. The zero-order chi connectivity index (χ0) is 7.40. The van der Waals surface area contributed by atoms with Crippen molar-refractivity contribution in [3.8, 4) is 12.3 Å². The minimum atomic E-state index is 0. The molecule has 1 saturated carbocycles. The van der Waals surface area contributed by atoms with Crippen LogP contribution >= 0.6 is 12.4 Å². The van der Waals surface area contributed by atoms with Gasteiger partial charge in [-0.3, -0.25) is 0 Å². The van der Waals surface area contributed by atoms with Gasteiger partial charge in [-0.2, -0.15) is 0 Å². The van der Waals surface area contributed by atoms with E-state index in [2.05, 4.69) is 5.92 Å². The second-order valence-electron chi connectivity index (χ2n) is 3.13. The largest absolute Gasteiger partial charge is 0.330 e. The van der Waals surface area contributed by atoms with Gasteiger partial charge in [0.05, 0.1) is 0 Å². The van der Waals surface area contributed by atoms with Gasteiger partial charge < -0.3 is 5.73 Å². The number of hydrogen-bond donors (Lipinski definition) is 1. The lowest BCUT2D eigenvalue weighted by atomic mass is 9.82. The van der Waals surface area contributed by atoms with Crippen LogP contribution in [-0.2, 0) is 0 Å². The first kappa shape index (κ1) is 10.8. The predicted octanol–water partition coefficient (Wildman–Crippen LogP) is 1.81. The molecule has 2 unspecified atom stereocenters. The zero-order valence-corrected chi connectivity index (χ0v) is 7.57. The van der Waals surface area contributed by atoms with Crippen molar-refractivity contribution in [2.75, 3.05) is 6.54 Å². The van der Waals surface area contributed by atoms with Gasteiger partial charge in [-0.05, 0) is 31.7 Å². The average molecular weight is 174 g/mol. The maximum absolute atomic E-state index is 5.55. The van der Waals surface area contributed by atoms with Gasteiger partial charge in [-0.15, -0.1) is 24.8 Å². The zero-order valence-electron chi connectivity index (χ0n) is 6.75. The minimum Gasteiger partial charge on any atom is -0.330 e. The number of rotatable bonds is 1. The number of halogens is 1. The summed E-state index contributed by atoms with van der Waals surface area (Å²) < 4.78 is 0. The normalized spacial score (nSPS) is 30.2. The third kappa shape index (κ3) is 3.14. The Bertz CT molecular complexity index is 139. The van der Waals surface area contributed by atoms with Crippen molar-refractivity contribution in [2.24, 2.45) is 17.6 Å². The molecule has 1 nitrogen and oxygen atoms in total. The van der Waals surface area contributed by atoms with Crippen LogP contribution in [0.25, 0.3) is 0 Å². The molecule has 0 radical (unpaired) electrons. The van der Waals surface area contributed by atoms with Crippen LogP contribution in [0.3, 0.4) is 0 Å². The van der Waals surface area contributed by atoms with Crippen LogP contribution in [0.4, 0.5) is 0 Å². The fraction of sp³-hybridized carbons (Fsp3) is 0.778. The molecule has 1 aliphatic rings. The minimum absolute atomic E-state index is 0. The predicted molar refractivity (Wildman–Crippen MR) is 50.6 cm³/mol. The summed E-state index contributed by atoms with van der Waals surface area (Å²) in [5.74, 6) is 4.03. The highest BCUT2D eigenvalue weighted by Gasteiger charge is 2.18. The molecular formula is C9H16ClN. The highest BCUT2D eigenvalue weighted by molar-refractivity contribution is 5.85. The van der Waals surface area contributed by atoms with E-state index in [-0.39, 0.29) is 12.4 Å². The van der Waals surface area contributed by atoms with Gasteiger partial charge in [-0.25, -0.2) is 0 Å². The number of hydrogen-bond acceptors (Lipinski definition) is 1. The summed E-state index contributed by atoms with van der Waals surface area (Å²) in [6.07, 6.45) is 10.3. The van der Waals surface area contributed by atoms with E-state index in [1.165, 1.54) is 19.3 Å². The van der Waals surface area contributed by atoms with Gasteiger partial charge in [0, 0.05) is 5.92 Å². The molecule has 64 valence electrons. The Morgan fingerprint density at radius 1 is 1.45 bits per heavy atom. The van der Waals surface area contributed by atoms with E-state index in [1.54, 1.807) is 0 Å².